The zero-order valence-electron chi connectivity index (χ0n) is 12.6. The highest BCUT2D eigenvalue weighted by Crippen LogP contribution is 2.47. The highest BCUT2D eigenvalue weighted by molar-refractivity contribution is 6.30. The third-order valence-electron chi connectivity index (χ3n) is 4.06. The van der Waals surface area contributed by atoms with Gasteiger partial charge in [0.2, 0.25) is 11.9 Å². The average molecular weight is 340 g/mol. The first-order valence-electron chi connectivity index (χ1n) is 7.60. The lowest BCUT2D eigenvalue weighted by Gasteiger charge is -2.00. The number of nitrogens with one attached hydrogen (secondary N) is 2. The van der Waals surface area contributed by atoms with E-state index in [0.29, 0.717) is 10.8 Å². The van der Waals surface area contributed by atoms with Crippen molar-refractivity contribution >= 4 is 23.5 Å². The number of pyridine rings is 1. The van der Waals surface area contributed by atoms with Crippen molar-refractivity contribution in [1.29, 1.82) is 0 Å². The second kappa shape index (κ2) is 6.05. The minimum Gasteiger partial charge on any atom is -0.293 e. The van der Waals surface area contributed by atoms with Gasteiger partial charge >= 0.3 is 0 Å². The topological polar surface area (TPSA) is 83.6 Å². The quantitative estimate of drug-likeness (QED) is 0.764. The summed E-state index contributed by atoms with van der Waals surface area (Å²) in [5.74, 6) is 0.937. The summed E-state index contributed by atoms with van der Waals surface area (Å²) in [5.41, 5.74) is 1.91. The predicted octanol–water partition coefficient (Wildman–Crippen LogP) is 3.26. The molecule has 2 atom stereocenters. The molecule has 2 aromatic heterocycles. The number of anilines is 1. The van der Waals surface area contributed by atoms with Gasteiger partial charge < -0.3 is 0 Å². The summed E-state index contributed by atoms with van der Waals surface area (Å²) < 4.78 is 0. The Balaban J connectivity index is 1.43. The lowest BCUT2D eigenvalue weighted by Crippen LogP contribution is -2.15. The molecule has 7 heteroatoms. The number of nitrogens with zero attached hydrogens (tertiary/aromatic N) is 3. The van der Waals surface area contributed by atoms with E-state index in [9.17, 15) is 4.79 Å². The van der Waals surface area contributed by atoms with Crippen LogP contribution in [0.4, 0.5) is 5.95 Å². The Labute approximate surface area is 143 Å². The molecule has 2 heterocycles. The minimum atomic E-state index is -0.0690. The Kier molecular flexibility index (Phi) is 3.74. The smallest absolute Gasteiger partial charge is 0.249 e. The summed E-state index contributed by atoms with van der Waals surface area (Å²) in [6, 6.07) is 11.2. The number of benzene rings is 1. The number of carbonyl (C=O) groups is 1. The van der Waals surface area contributed by atoms with Crippen LogP contribution in [-0.4, -0.2) is 26.1 Å². The van der Waals surface area contributed by atoms with Crippen LogP contribution in [0.5, 0.6) is 0 Å². The molecular weight excluding hydrogens is 326 g/mol. The van der Waals surface area contributed by atoms with Gasteiger partial charge in [-0.2, -0.15) is 4.98 Å². The third kappa shape index (κ3) is 3.00. The van der Waals surface area contributed by atoms with E-state index >= 15 is 0 Å². The van der Waals surface area contributed by atoms with Gasteiger partial charge in [0.15, 0.2) is 5.82 Å². The highest BCUT2D eigenvalue weighted by Gasteiger charge is 2.44. The number of carbonyl (C=O) groups excluding carboxylic acids is 1. The van der Waals surface area contributed by atoms with E-state index in [0.717, 1.165) is 17.5 Å². The Hall–Kier alpha value is -2.73. The van der Waals surface area contributed by atoms with Gasteiger partial charge in [0.05, 0.1) is 0 Å². The minimum absolute atomic E-state index is 0.0534. The standard InChI is InChI=1S/C17H14ClN5O/c18-12-5-1-3-10(7-12)15-20-17(23-22-15)21-16(24)14-8-13(14)11-4-2-6-19-9-11/h1-7,9,13-14H,8H2,(H2,20,21,22,23,24)/t13-,14-/m0/s1. The van der Waals surface area contributed by atoms with Crippen LogP contribution in [0.1, 0.15) is 17.9 Å². The first-order chi connectivity index (χ1) is 11.7. The molecular formula is C17H14ClN5O. The van der Waals surface area contributed by atoms with Crippen molar-refractivity contribution in [2.45, 2.75) is 12.3 Å². The van der Waals surface area contributed by atoms with Crippen molar-refractivity contribution in [2.24, 2.45) is 5.92 Å². The maximum atomic E-state index is 12.3. The molecule has 6 nitrogen and oxygen atoms in total. The Morgan fingerprint density at radius 2 is 2.21 bits per heavy atom. The molecule has 1 aliphatic rings. The van der Waals surface area contributed by atoms with E-state index in [1.165, 1.54) is 0 Å². The molecule has 1 amide bonds. The second-order valence-electron chi connectivity index (χ2n) is 5.74. The van der Waals surface area contributed by atoms with E-state index in [-0.39, 0.29) is 23.7 Å². The molecule has 120 valence electrons. The van der Waals surface area contributed by atoms with Crippen LogP contribution in [0.15, 0.2) is 48.8 Å². The van der Waals surface area contributed by atoms with Crippen molar-refractivity contribution in [3.63, 3.8) is 0 Å². The predicted molar refractivity (Wildman–Crippen MR) is 90.5 cm³/mol. The fraction of sp³-hybridized carbons (Fsp3) is 0.176. The molecule has 0 spiro atoms. The maximum Gasteiger partial charge on any atom is 0.249 e. The number of hydrogen-bond donors (Lipinski definition) is 2. The number of rotatable bonds is 4. The number of aromatic amines is 1. The van der Waals surface area contributed by atoms with Crippen LogP contribution >= 0.6 is 11.6 Å². The molecule has 0 aliphatic heterocycles. The van der Waals surface area contributed by atoms with Crippen molar-refractivity contribution in [2.75, 3.05) is 5.32 Å². The summed E-state index contributed by atoms with van der Waals surface area (Å²) in [6.45, 7) is 0. The lowest BCUT2D eigenvalue weighted by molar-refractivity contribution is -0.117. The van der Waals surface area contributed by atoms with Crippen LogP contribution in [-0.2, 0) is 4.79 Å². The number of halogens is 1. The largest absolute Gasteiger partial charge is 0.293 e. The van der Waals surface area contributed by atoms with Crippen molar-refractivity contribution in [3.8, 4) is 11.4 Å². The molecule has 4 rings (SSSR count). The normalized spacial score (nSPS) is 19.0. The van der Waals surface area contributed by atoms with E-state index in [4.69, 9.17) is 11.6 Å². The molecule has 0 radical (unpaired) electrons. The van der Waals surface area contributed by atoms with Gasteiger partial charge in [-0.25, -0.2) is 0 Å². The van der Waals surface area contributed by atoms with Crippen LogP contribution < -0.4 is 5.32 Å². The van der Waals surface area contributed by atoms with E-state index < -0.39 is 0 Å². The van der Waals surface area contributed by atoms with Crippen molar-refractivity contribution < 1.29 is 4.79 Å². The van der Waals surface area contributed by atoms with Gasteiger partial charge in [-0.1, -0.05) is 29.8 Å². The SMILES string of the molecule is O=C(Nc1n[nH]c(-c2cccc(Cl)c2)n1)[C@H]1C[C@H]1c1cccnc1. The number of hydrogen-bond acceptors (Lipinski definition) is 4. The summed E-state index contributed by atoms with van der Waals surface area (Å²) in [7, 11) is 0. The van der Waals surface area contributed by atoms with E-state index in [1.807, 2.05) is 30.5 Å². The summed E-state index contributed by atoms with van der Waals surface area (Å²) in [6.07, 6.45) is 4.36. The number of amides is 1. The molecule has 0 saturated heterocycles. The summed E-state index contributed by atoms with van der Waals surface area (Å²) in [4.78, 5) is 20.7. The molecule has 1 aliphatic carbocycles. The third-order valence-corrected chi connectivity index (χ3v) is 4.29. The lowest BCUT2D eigenvalue weighted by atomic mass is 10.1. The van der Waals surface area contributed by atoms with Crippen molar-refractivity contribution in [3.05, 3.63) is 59.4 Å². The molecule has 24 heavy (non-hydrogen) atoms. The molecule has 0 bridgehead atoms. The van der Waals surface area contributed by atoms with E-state index in [2.05, 4.69) is 25.5 Å². The summed E-state index contributed by atoms with van der Waals surface area (Å²) in [5, 5.41) is 10.2. The van der Waals surface area contributed by atoms with Gasteiger partial charge in [-0.05, 0) is 36.1 Å². The van der Waals surface area contributed by atoms with E-state index in [1.54, 1.807) is 18.3 Å². The van der Waals surface area contributed by atoms with Crippen LogP contribution in [0.2, 0.25) is 5.02 Å². The molecule has 1 fully saturated rings. The van der Waals surface area contributed by atoms with Crippen LogP contribution in [0.25, 0.3) is 11.4 Å². The molecule has 0 unspecified atom stereocenters. The Bertz CT molecular complexity index is 879. The zero-order chi connectivity index (χ0) is 16.5. The average Bonchev–Trinajstić information content (AvgIpc) is 3.28. The second-order valence-corrected chi connectivity index (χ2v) is 6.18. The number of aromatic nitrogens is 4. The highest BCUT2D eigenvalue weighted by atomic mass is 35.5. The maximum absolute atomic E-state index is 12.3. The Morgan fingerprint density at radius 3 is 3.00 bits per heavy atom. The van der Waals surface area contributed by atoms with Crippen LogP contribution in [0, 0.1) is 5.92 Å². The van der Waals surface area contributed by atoms with Gasteiger partial charge in [-0.3, -0.25) is 20.2 Å². The molecule has 1 saturated carbocycles. The zero-order valence-corrected chi connectivity index (χ0v) is 13.4. The monoisotopic (exact) mass is 339 g/mol. The van der Waals surface area contributed by atoms with Gasteiger partial charge in [-0.15, -0.1) is 5.10 Å². The number of H-pyrrole nitrogens is 1. The molecule has 2 N–H and O–H groups in total. The summed E-state index contributed by atoms with van der Waals surface area (Å²) >= 11 is 5.97. The van der Waals surface area contributed by atoms with Crippen molar-refractivity contribution in [1.82, 2.24) is 20.2 Å². The molecule has 1 aromatic carbocycles. The molecule has 3 aromatic rings. The van der Waals surface area contributed by atoms with Gasteiger partial charge in [0.25, 0.3) is 0 Å². The van der Waals surface area contributed by atoms with Crippen LogP contribution in [0.3, 0.4) is 0 Å². The first kappa shape index (κ1) is 14.8. The Morgan fingerprint density at radius 1 is 1.29 bits per heavy atom. The fourth-order valence-corrected chi connectivity index (χ4v) is 2.92. The van der Waals surface area contributed by atoms with Gasteiger partial charge in [0.1, 0.15) is 0 Å². The first-order valence-corrected chi connectivity index (χ1v) is 7.97. The van der Waals surface area contributed by atoms with Gasteiger partial charge in [0, 0.05) is 28.9 Å². The fourth-order valence-electron chi connectivity index (χ4n) is 2.73.